The molecular formula is C28H36N2O6. The Morgan fingerprint density at radius 3 is 2.36 bits per heavy atom. The fourth-order valence-corrected chi connectivity index (χ4v) is 4.26. The van der Waals surface area contributed by atoms with Crippen LogP contribution < -0.4 is 14.2 Å². The number of benzene rings is 2. The number of methoxy groups -OCH3 is 1. The van der Waals surface area contributed by atoms with E-state index in [9.17, 15) is 14.7 Å². The Labute approximate surface area is 213 Å². The van der Waals surface area contributed by atoms with E-state index in [-0.39, 0.29) is 17.4 Å². The summed E-state index contributed by atoms with van der Waals surface area (Å²) in [4.78, 5) is 29.9. The largest absolute Gasteiger partial charge is 0.507 e. The van der Waals surface area contributed by atoms with E-state index in [0.717, 1.165) is 6.54 Å². The molecule has 0 bridgehead atoms. The standard InChI is InChI=1S/C28H36N2O6/c1-7-35-22-14-11-20(17-23(22)34-6)25-24(27(32)28(33)30(25)16-8-15-29(4)5)26(31)19-9-12-21(13-10-19)36-18(2)3/h9-14,17-18,25,31H,7-8,15-16H2,1-6H3/b26-24-. The van der Waals surface area contributed by atoms with Gasteiger partial charge in [-0.15, -0.1) is 0 Å². The Kier molecular flexibility index (Phi) is 8.98. The molecule has 2 aromatic rings. The fraction of sp³-hybridized carbons (Fsp3) is 0.429. The molecule has 2 aromatic carbocycles. The molecule has 0 aromatic heterocycles. The molecule has 0 aliphatic carbocycles. The van der Waals surface area contributed by atoms with Crippen molar-refractivity contribution in [2.24, 2.45) is 0 Å². The summed E-state index contributed by atoms with van der Waals surface area (Å²) in [7, 11) is 5.45. The van der Waals surface area contributed by atoms with E-state index in [1.807, 2.05) is 39.8 Å². The van der Waals surface area contributed by atoms with E-state index in [0.29, 0.717) is 47.9 Å². The Balaban J connectivity index is 2.09. The van der Waals surface area contributed by atoms with Gasteiger partial charge in [0.2, 0.25) is 0 Å². The number of ether oxygens (including phenoxy) is 3. The smallest absolute Gasteiger partial charge is 0.295 e. The van der Waals surface area contributed by atoms with Gasteiger partial charge in [-0.1, -0.05) is 6.07 Å². The summed E-state index contributed by atoms with van der Waals surface area (Å²) in [6.07, 6.45) is 0.679. The number of hydrogen-bond donors (Lipinski definition) is 1. The minimum atomic E-state index is -0.761. The quantitative estimate of drug-likeness (QED) is 0.283. The van der Waals surface area contributed by atoms with Crippen LogP contribution in [0.2, 0.25) is 0 Å². The van der Waals surface area contributed by atoms with Crippen molar-refractivity contribution < 1.29 is 28.9 Å². The van der Waals surface area contributed by atoms with Crippen molar-refractivity contribution in [2.75, 3.05) is 40.9 Å². The SMILES string of the molecule is CCOc1ccc(C2/C(=C(/O)c3ccc(OC(C)C)cc3)C(=O)C(=O)N2CCCN(C)C)cc1OC. The Morgan fingerprint density at radius 2 is 1.78 bits per heavy atom. The zero-order chi connectivity index (χ0) is 26.4. The second-order valence-electron chi connectivity index (χ2n) is 9.18. The Morgan fingerprint density at radius 1 is 1.08 bits per heavy atom. The molecule has 1 N–H and O–H groups in total. The van der Waals surface area contributed by atoms with Gasteiger partial charge in [-0.05, 0) is 89.8 Å². The summed E-state index contributed by atoms with van der Waals surface area (Å²) in [5, 5.41) is 11.3. The summed E-state index contributed by atoms with van der Waals surface area (Å²) < 4.78 is 16.8. The summed E-state index contributed by atoms with van der Waals surface area (Å²) in [5.74, 6) is 0.138. The number of amides is 1. The number of likely N-dealkylation sites (tertiary alicyclic amines) is 1. The lowest BCUT2D eigenvalue weighted by Gasteiger charge is -2.26. The first-order chi connectivity index (χ1) is 17.2. The molecule has 0 radical (unpaired) electrons. The monoisotopic (exact) mass is 496 g/mol. The number of carbonyl (C=O) groups is 2. The predicted molar refractivity (Wildman–Crippen MR) is 139 cm³/mol. The molecule has 1 aliphatic heterocycles. The highest BCUT2D eigenvalue weighted by Crippen LogP contribution is 2.42. The molecule has 1 atom stereocenters. The number of aliphatic hydroxyl groups excluding tert-OH is 1. The van der Waals surface area contributed by atoms with Crippen molar-refractivity contribution in [3.8, 4) is 17.2 Å². The van der Waals surface area contributed by atoms with E-state index < -0.39 is 17.7 Å². The van der Waals surface area contributed by atoms with Crippen LogP contribution >= 0.6 is 0 Å². The molecule has 0 spiro atoms. The molecule has 3 rings (SSSR count). The van der Waals surface area contributed by atoms with Gasteiger partial charge < -0.3 is 29.1 Å². The second-order valence-corrected chi connectivity index (χ2v) is 9.18. The molecule has 0 saturated carbocycles. The lowest BCUT2D eigenvalue weighted by Crippen LogP contribution is -2.32. The molecule has 1 aliphatic rings. The maximum atomic E-state index is 13.2. The molecule has 36 heavy (non-hydrogen) atoms. The molecule has 8 nitrogen and oxygen atoms in total. The van der Waals surface area contributed by atoms with E-state index >= 15 is 0 Å². The molecule has 1 heterocycles. The third-order valence-electron chi connectivity index (χ3n) is 5.85. The van der Waals surface area contributed by atoms with Crippen molar-refractivity contribution in [1.29, 1.82) is 0 Å². The predicted octanol–water partition coefficient (Wildman–Crippen LogP) is 4.25. The Bertz CT molecular complexity index is 1110. The third-order valence-corrected chi connectivity index (χ3v) is 5.85. The van der Waals surface area contributed by atoms with Gasteiger partial charge in [0.15, 0.2) is 11.5 Å². The topological polar surface area (TPSA) is 88.5 Å². The number of hydrogen-bond acceptors (Lipinski definition) is 7. The first-order valence-corrected chi connectivity index (χ1v) is 12.2. The van der Waals surface area contributed by atoms with Crippen molar-refractivity contribution in [3.63, 3.8) is 0 Å². The third kappa shape index (κ3) is 5.99. The first kappa shape index (κ1) is 27.1. The van der Waals surface area contributed by atoms with Gasteiger partial charge in [-0.25, -0.2) is 0 Å². The van der Waals surface area contributed by atoms with Crippen LogP contribution in [0.25, 0.3) is 5.76 Å². The minimum Gasteiger partial charge on any atom is -0.507 e. The lowest BCUT2D eigenvalue weighted by molar-refractivity contribution is -0.139. The molecule has 194 valence electrons. The van der Waals surface area contributed by atoms with Gasteiger partial charge in [0, 0.05) is 12.1 Å². The summed E-state index contributed by atoms with van der Waals surface area (Å²) in [6.45, 7) is 7.31. The minimum absolute atomic E-state index is 0.00609. The molecule has 8 heteroatoms. The highest BCUT2D eigenvalue weighted by Gasteiger charge is 2.46. The number of Topliss-reactive ketones (excluding diaryl/α,β-unsaturated/α-hetero) is 1. The maximum absolute atomic E-state index is 13.2. The van der Waals surface area contributed by atoms with Crippen molar-refractivity contribution in [3.05, 3.63) is 59.2 Å². The molecule has 1 saturated heterocycles. The van der Waals surface area contributed by atoms with Crippen LogP contribution in [0.4, 0.5) is 0 Å². The van der Waals surface area contributed by atoms with Gasteiger partial charge in [0.25, 0.3) is 11.7 Å². The van der Waals surface area contributed by atoms with Crippen LogP contribution in [0.3, 0.4) is 0 Å². The molecule has 1 amide bonds. The maximum Gasteiger partial charge on any atom is 0.295 e. The average Bonchev–Trinajstić information content (AvgIpc) is 3.09. The van der Waals surface area contributed by atoms with E-state index in [4.69, 9.17) is 14.2 Å². The van der Waals surface area contributed by atoms with Crippen LogP contribution in [-0.4, -0.2) is 73.6 Å². The van der Waals surface area contributed by atoms with Gasteiger partial charge >= 0.3 is 0 Å². The summed E-state index contributed by atoms with van der Waals surface area (Å²) >= 11 is 0. The molecule has 1 unspecified atom stereocenters. The van der Waals surface area contributed by atoms with Crippen LogP contribution in [0.5, 0.6) is 17.2 Å². The number of rotatable bonds is 11. The zero-order valence-corrected chi connectivity index (χ0v) is 21.9. The number of nitrogens with zero attached hydrogens (tertiary/aromatic N) is 2. The molecular weight excluding hydrogens is 460 g/mol. The van der Waals surface area contributed by atoms with E-state index in [1.165, 1.54) is 12.0 Å². The van der Waals surface area contributed by atoms with Crippen LogP contribution in [0.1, 0.15) is 44.4 Å². The Hall–Kier alpha value is -3.52. The highest BCUT2D eigenvalue weighted by molar-refractivity contribution is 6.46. The molecule has 1 fully saturated rings. The number of aliphatic hydroxyl groups is 1. The van der Waals surface area contributed by atoms with Gasteiger partial charge in [0.05, 0.1) is 31.4 Å². The van der Waals surface area contributed by atoms with Gasteiger partial charge in [-0.2, -0.15) is 0 Å². The number of ketones is 1. The summed E-state index contributed by atoms with van der Waals surface area (Å²) in [5.41, 5.74) is 1.13. The number of carbonyl (C=O) groups excluding carboxylic acids is 2. The normalized spacial score (nSPS) is 17.2. The zero-order valence-electron chi connectivity index (χ0n) is 21.9. The second kappa shape index (κ2) is 11.9. The van der Waals surface area contributed by atoms with Gasteiger partial charge in [0.1, 0.15) is 11.5 Å². The van der Waals surface area contributed by atoms with Crippen LogP contribution in [0, 0.1) is 0 Å². The van der Waals surface area contributed by atoms with Crippen molar-refractivity contribution in [2.45, 2.75) is 39.3 Å². The van der Waals surface area contributed by atoms with E-state index in [1.54, 1.807) is 42.5 Å². The summed E-state index contributed by atoms with van der Waals surface area (Å²) in [6, 6.07) is 11.4. The van der Waals surface area contributed by atoms with Gasteiger partial charge in [-0.3, -0.25) is 9.59 Å². The van der Waals surface area contributed by atoms with Crippen LogP contribution in [-0.2, 0) is 9.59 Å². The average molecular weight is 497 g/mol. The van der Waals surface area contributed by atoms with Crippen LogP contribution in [0.15, 0.2) is 48.0 Å². The highest BCUT2D eigenvalue weighted by atomic mass is 16.5. The lowest BCUT2D eigenvalue weighted by atomic mass is 9.95. The van der Waals surface area contributed by atoms with Crippen molar-refractivity contribution >= 4 is 17.4 Å². The fourth-order valence-electron chi connectivity index (χ4n) is 4.26. The van der Waals surface area contributed by atoms with Crippen molar-refractivity contribution in [1.82, 2.24) is 9.80 Å². The van der Waals surface area contributed by atoms with E-state index in [2.05, 4.69) is 0 Å². The first-order valence-electron chi connectivity index (χ1n) is 12.2.